The van der Waals surface area contributed by atoms with Crippen LogP contribution in [0, 0.1) is 5.82 Å². The van der Waals surface area contributed by atoms with Crippen molar-refractivity contribution in [2.24, 2.45) is 0 Å². The number of methoxy groups -OCH3 is 1. The molecule has 0 N–H and O–H groups in total. The van der Waals surface area contributed by atoms with Gasteiger partial charge in [-0.2, -0.15) is 0 Å². The number of halogens is 2. The van der Waals surface area contributed by atoms with Gasteiger partial charge in [0, 0.05) is 22.1 Å². The molecule has 0 spiro atoms. The van der Waals surface area contributed by atoms with Crippen LogP contribution in [0.4, 0.5) is 4.39 Å². The molecule has 2 nitrogen and oxygen atoms in total. The lowest BCUT2D eigenvalue weighted by molar-refractivity contribution is -0.108. The van der Waals surface area contributed by atoms with Gasteiger partial charge in [-0.15, -0.1) is 0 Å². The van der Waals surface area contributed by atoms with E-state index in [0.29, 0.717) is 21.9 Å². The van der Waals surface area contributed by atoms with Crippen LogP contribution in [0.2, 0.25) is 5.02 Å². The third-order valence-electron chi connectivity index (χ3n) is 3.18. The second-order valence-electron chi connectivity index (χ2n) is 4.51. The zero-order valence-corrected chi connectivity index (χ0v) is 11.9. The van der Waals surface area contributed by atoms with E-state index in [1.54, 1.807) is 37.3 Å². The molecule has 0 saturated heterocycles. The first kappa shape index (κ1) is 14.5. The van der Waals surface area contributed by atoms with Crippen molar-refractivity contribution < 1.29 is 13.9 Å². The van der Waals surface area contributed by atoms with Crippen molar-refractivity contribution in [3.8, 4) is 16.9 Å². The summed E-state index contributed by atoms with van der Waals surface area (Å²) >= 11 is 5.75. The number of ether oxygens (including phenoxy) is 1. The van der Waals surface area contributed by atoms with E-state index in [0.717, 1.165) is 11.8 Å². The monoisotopic (exact) mass is 292 g/mol. The van der Waals surface area contributed by atoms with Crippen molar-refractivity contribution in [2.75, 3.05) is 7.11 Å². The molecule has 1 unspecified atom stereocenters. The topological polar surface area (TPSA) is 26.3 Å². The third-order valence-corrected chi connectivity index (χ3v) is 3.41. The number of benzene rings is 2. The van der Waals surface area contributed by atoms with Gasteiger partial charge in [0.2, 0.25) is 0 Å². The normalized spacial score (nSPS) is 12.0. The van der Waals surface area contributed by atoms with Gasteiger partial charge in [-0.1, -0.05) is 30.7 Å². The molecule has 1 atom stereocenters. The second kappa shape index (κ2) is 6.06. The Balaban J connectivity index is 2.54. The predicted octanol–water partition coefficient (Wildman–Crippen LogP) is 4.46. The molecule has 2 aromatic carbocycles. The molecule has 0 aliphatic carbocycles. The summed E-state index contributed by atoms with van der Waals surface area (Å²) in [6, 6.07) is 9.80. The van der Waals surface area contributed by atoms with Gasteiger partial charge in [-0.05, 0) is 29.8 Å². The first-order valence-electron chi connectivity index (χ1n) is 6.15. The Morgan fingerprint density at radius 1 is 1.20 bits per heavy atom. The summed E-state index contributed by atoms with van der Waals surface area (Å²) < 4.78 is 19.3. The van der Waals surface area contributed by atoms with Gasteiger partial charge in [-0.25, -0.2) is 4.39 Å². The molecule has 0 bridgehead atoms. The number of carbonyl (C=O) groups is 1. The predicted molar refractivity (Wildman–Crippen MR) is 77.9 cm³/mol. The summed E-state index contributed by atoms with van der Waals surface area (Å²) in [5.74, 6) is -0.113. The van der Waals surface area contributed by atoms with Gasteiger partial charge in [0.05, 0.1) is 7.11 Å². The molecule has 0 saturated carbocycles. The van der Waals surface area contributed by atoms with E-state index in [-0.39, 0.29) is 5.92 Å². The average molecular weight is 293 g/mol. The van der Waals surface area contributed by atoms with Crippen molar-refractivity contribution in [3.05, 3.63) is 52.8 Å². The minimum atomic E-state index is -0.410. The van der Waals surface area contributed by atoms with Gasteiger partial charge in [-0.3, -0.25) is 0 Å². The largest absolute Gasteiger partial charge is 0.496 e. The molecule has 2 rings (SSSR count). The lowest BCUT2D eigenvalue weighted by Crippen LogP contribution is -1.97. The van der Waals surface area contributed by atoms with Crippen LogP contribution in [0.3, 0.4) is 0 Å². The minimum absolute atomic E-state index is 0.229. The van der Waals surface area contributed by atoms with Gasteiger partial charge >= 0.3 is 0 Å². The van der Waals surface area contributed by atoms with E-state index < -0.39 is 5.82 Å². The summed E-state index contributed by atoms with van der Waals surface area (Å²) in [5, 5.41) is 0.344. The molecule has 4 heteroatoms. The standard InChI is InChI=1S/C16H14ClFO2/c1-10(9-19)11-3-5-14(16(7-11)20-2)13-6-4-12(17)8-15(13)18/h3-10H,1-2H3. The molecular formula is C16H14ClFO2. The van der Waals surface area contributed by atoms with Gasteiger partial charge in [0.25, 0.3) is 0 Å². The molecule has 0 aromatic heterocycles. The summed E-state index contributed by atoms with van der Waals surface area (Å²) in [6.07, 6.45) is 0.858. The molecule has 0 fully saturated rings. The highest BCUT2D eigenvalue weighted by Crippen LogP contribution is 2.34. The SMILES string of the molecule is COc1cc(C(C)C=O)ccc1-c1ccc(Cl)cc1F. The van der Waals surface area contributed by atoms with E-state index in [1.165, 1.54) is 13.2 Å². The minimum Gasteiger partial charge on any atom is -0.496 e. The van der Waals surface area contributed by atoms with Gasteiger partial charge in [0.15, 0.2) is 0 Å². The molecular weight excluding hydrogens is 279 g/mol. The van der Waals surface area contributed by atoms with Crippen LogP contribution < -0.4 is 4.74 Å². The first-order valence-corrected chi connectivity index (χ1v) is 6.53. The van der Waals surface area contributed by atoms with Gasteiger partial charge in [0.1, 0.15) is 17.9 Å². The molecule has 20 heavy (non-hydrogen) atoms. The second-order valence-corrected chi connectivity index (χ2v) is 4.95. The van der Waals surface area contributed by atoms with Crippen molar-refractivity contribution in [1.29, 1.82) is 0 Å². The Hall–Kier alpha value is -1.87. The van der Waals surface area contributed by atoms with Crippen molar-refractivity contribution in [2.45, 2.75) is 12.8 Å². The van der Waals surface area contributed by atoms with E-state index in [9.17, 15) is 9.18 Å². The zero-order valence-electron chi connectivity index (χ0n) is 11.2. The zero-order chi connectivity index (χ0) is 14.7. The van der Waals surface area contributed by atoms with Crippen molar-refractivity contribution in [1.82, 2.24) is 0 Å². The highest BCUT2D eigenvalue weighted by atomic mass is 35.5. The fourth-order valence-electron chi connectivity index (χ4n) is 2.00. The fourth-order valence-corrected chi connectivity index (χ4v) is 2.16. The lowest BCUT2D eigenvalue weighted by Gasteiger charge is -2.13. The number of rotatable bonds is 4. The van der Waals surface area contributed by atoms with Crippen LogP contribution in [-0.4, -0.2) is 13.4 Å². The van der Waals surface area contributed by atoms with Crippen molar-refractivity contribution >= 4 is 17.9 Å². The van der Waals surface area contributed by atoms with E-state index in [1.807, 2.05) is 0 Å². The fraction of sp³-hybridized carbons (Fsp3) is 0.188. The Morgan fingerprint density at radius 2 is 1.90 bits per heavy atom. The number of aldehydes is 1. The van der Waals surface area contributed by atoms with Crippen LogP contribution in [0.15, 0.2) is 36.4 Å². The van der Waals surface area contributed by atoms with Crippen molar-refractivity contribution in [3.63, 3.8) is 0 Å². The summed E-state index contributed by atoms with van der Waals surface area (Å²) in [4.78, 5) is 10.8. The Labute approximate surface area is 122 Å². The smallest absolute Gasteiger partial charge is 0.132 e. The maximum atomic E-state index is 14.0. The summed E-state index contributed by atoms with van der Waals surface area (Å²) in [5.41, 5.74) is 1.87. The maximum absolute atomic E-state index is 14.0. The number of hydrogen-bond donors (Lipinski definition) is 0. The average Bonchev–Trinajstić information content (AvgIpc) is 2.46. The number of hydrogen-bond acceptors (Lipinski definition) is 2. The van der Waals surface area contributed by atoms with Gasteiger partial charge < -0.3 is 9.53 Å². The summed E-state index contributed by atoms with van der Waals surface area (Å²) in [6.45, 7) is 1.80. The van der Waals surface area contributed by atoms with Crippen LogP contribution in [0.1, 0.15) is 18.4 Å². The first-order chi connectivity index (χ1) is 9.56. The number of carbonyl (C=O) groups excluding carboxylic acids is 1. The Bertz CT molecular complexity index is 640. The highest BCUT2D eigenvalue weighted by molar-refractivity contribution is 6.30. The third kappa shape index (κ3) is 2.83. The van der Waals surface area contributed by atoms with E-state index >= 15 is 0 Å². The van der Waals surface area contributed by atoms with E-state index in [2.05, 4.69) is 0 Å². The molecule has 0 aliphatic heterocycles. The highest BCUT2D eigenvalue weighted by Gasteiger charge is 2.13. The molecule has 0 radical (unpaired) electrons. The van der Waals surface area contributed by atoms with Crippen LogP contribution >= 0.6 is 11.6 Å². The van der Waals surface area contributed by atoms with Crippen LogP contribution in [0.5, 0.6) is 5.75 Å². The maximum Gasteiger partial charge on any atom is 0.132 e. The molecule has 0 amide bonds. The lowest BCUT2D eigenvalue weighted by atomic mass is 9.97. The molecule has 0 aliphatic rings. The quantitative estimate of drug-likeness (QED) is 0.778. The van der Waals surface area contributed by atoms with Crippen LogP contribution in [0.25, 0.3) is 11.1 Å². The molecule has 104 valence electrons. The molecule has 0 heterocycles. The molecule has 2 aromatic rings. The Morgan fingerprint density at radius 3 is 2.50 bits per heavy atom. The summed E-state index contributed by atoms with van der Waals surface area (Å²) in [7, 11) is 1.52. The Kier molecular flexibility index (Phi) is 4.40. The van der Waals surface area contributed by atoms with E-state index in [4.69, 9.17) is 16.3 Å². The van der Waals surface area contributed by atoms with Crippen LogP contribution in [-0.2, 0) is 4.79 Å².